The van der Waals surface area contributed by atoms with Crippen LogP contribution in [0.15, 0.2) is 24.4 Å². The van der Waals surface area contributed by atoms with Crippen molar-refractivity contribution in [2.75, 3.05) is 20.1 Å². The molecule has 2 unspecified atom stereocenters. The predicted molar refractivity (Wildman–Crippen MR) is 150 cm³/mol. The lowest BCUT2D eigenvalue weighted by Gasteiger charge is -2.30. The van der Waals surface area contributed by atoms with E-state index in [2.05, 4.69) is 40.4 Å². The summed E-state index contributed by atoms with van der Waals surface area (Å²) in [5.74, 6) is 3.04. The molecule has 6 nitrogen and oxygen atoms in total. The van der Waals surface area contributed by atoms with Crippen molar-refractivity contribution in [3.63, 3.8) is 0 Å². The second kappa shape index (κ2) is 10.6. The normalized spacial score (nSPS) is 25.9. The number of piperidine rings is 1. The van der Waals surface area contributed by atoms with E-state index >= 15 is 0 Å². The first-order valence-electron chi connectivity index (χ1n) is 15.2. The first-order valence-corrected chi connectivity index (χ1v) is 15.2. The Hall–Kier alpha value is -2.47. The number of benzene rings is 1. The molecule has 2 heterocycles. The van der Waals surface area contributed by atoms with Crippen LogP contribution in [0.3, 0.4) is 0 Å². The molecule has 2 N–H and O–H groups in total. The van der Waals surface area contributed by atoms with Gasteiger partial charge < -0.3 is 15.2 Å². The van der Waals surface area contributed by atoms with Crippen molar-refractivity contribution in [3.8, 4) is 11.3 Å². The maximum atomic E-state index is 13.4. The van der Waals surface area contributed by atoms with Crippen molar-refractivity contribution < 1.29 is 9.59 Å². The van der Waals surface area contributed by atoms with Gasteiger partial charge in [-0.2, -0.15) is 0 Å². The minimum atomic E-state index is -0.118. The summed E-state index contributed by atoms with van der Waals surface area (Å²) >= 11 is 0. The first kappa shape index (κ1) is 25.8. The third-order valence-corrected chi connectivity index (χ3v) is 10.3. The largest absolute Gasteiger partial charge is 0.346 e. The van der Waals surface area contributed by atoms with Crippen molar-refractivity contribution >= 4 is 11.7 Å². The maximum Gasteiger partial charge on any atom is 0.224 e. The minimum absolute atomic E-state index is 0.118. The molecule has 0 radical (unpaired) electrons. The Labute approximate surface area is 227 Å². The highest BCUT2D eigenvalue weighted by Gasteiger charge is 2.58. The molecule has 1 spiro atoms. The second-order valence-electron chi connectivity index (χ2n) is 12.7. The summed E-state index contributed by atoms with van der Waals surface area (Å²) in [5.41, 5.74) is 5.56. The van der Waals surface area contributed by atoms with Gasteiger partial charge in [-0.3, -0.25) is 9.59 Å². The summed E-state index contributed by atoms with van der Waals surface area (Å²) in [6.45, 7) is 4.12. The molecule has 3 fully saturated rings. The third-order valence-electron chi connectivity index (χ3n) is 10.3. The molecule has 1 aliphatic heterocycles. The van der Waals surface area contributed by atoms with E-state index in [9.17, 15) is 9.59 Å². The molecule has 2 saturated carbocycles. The number of imidazole rings is 1. The highest BCUT2D eigenvalue weighted by molar-refractivity contribution is 5.83. The molecule has 1 amide bonds. The summed E-state index contributed by atoms with van der Waals surface area (Å²) in [7, 11) is 2.18. The number of nitrogens with one attached hydrogen (secondary N) is 2. The summed E-state index contributed by atoms with van der Waals surface area (Å²) in [5, 5.41) is 3.40. The molecule has 6 rings (SSSR count). The van der Waals surface area contributed by atoms with E-state index in [0.717, 1.165) is 81.4 Å². The van der Waals surface area contributed by atoms with E-state index in [-0.39, 0.29) is 23.3 Å². The Balaban J connectivity index is 1.14. The molecule has 204 valence electrons. The standard InChI is InChI=1S/C32H44N4O2/c1-3-24(37)7-5-4-6-8-28(35-31(38)27-19-32(27)13-15-36(2)16-14-32)30-33-20-29(34-30)23-11-12-25-21-9-10-22(17-21)26(25)18-23/h11-12,18,20-22,27-28H,3-10,13-17,19H2,1-2H3,(H,33,34)(H,35,38)/t21?,22?,27-,28+/m1/s1. The number of H-pyrrole nitrogens is 1. The number of carbonyl (C=O) groups is 2. The van der Waals surface area contributed by atoms with Gasteiger partial charge >= 0.3 is 0 Å². The molecular weight excluding hydrogens is 472 g/mol. The van der Waals surface area contributed by atoms with E-state index in [1.54, 1.807) is 11.1 Å². The van der Waals surface area contributed by atoms with E-state index in [0.29, 0.717) is 18.6 Å². The fourth-order valence-electron chi connectivity index (χ4n) is 7.58. The van der Waals surface area contributed by atoms with E-state index < -0.39 is 0 Å². The Morgan fingerprint density at radius 2 is 1.92 bits per heavy atom. The summed E-state index contributed by atoms with van der Waals surface area (Å²) in [4.78, 5) is 35.9. The fraction of sp³-hybridized carbons (Fsp3) is 0.656. The number of hydrogen-bond acceptors (Lipinski definition) is 4. The molecule has 2 aromatic rings. The van der Waals surface area contributed by atoms with Crippen LogP contribution >= 0.6 is 0 Å². The average Bonchev–Trinajstić information content (AvgIpc) is 3.33. The number of Topliss-reactive ketones (excluding diaryl/α,β-unsaturated/α-hetero) is 1. The lowest BCUT2D eigenvalue weighted by Crippen LogP contribution is -2.36. The van der Waals surface area contributed by atoms with Crippen LogP contribution in [0.25, 0.3) is 11.3 Å². The zero-order valence-corrected chi connectivity index (χ0v) is 23.2. The van der Waals surface area contributed by atoms with Gasteiger partial charge in [-0.25, -0.2) is 4.98 Å². The number of fused-ring (bicyclic) bond motifs is 5. The van der Waals surface area contributed by atoms with Crippen molar-refractivity contribution in [3.05, 3.63) is 41.3 Å². The van der Waals surface area contributed by atoms with Crippen LogP contribution in [0.4, 0.5) is 0 Å². The molecule has 1 aromatic carbocycles. The van der Waals surface area contributed by atoms with Crippen LogP contribution in [-0.2, 0) is 9.59 Å². The number of ketones is 1. The molecule has 6 heteroatoms. The van der Waals surface area contributed by atoms with Gasteiger partial charge in [-0.1, -0.05) is 31.9 Å². The Bertz CT molecular complexity index is 1180. The van der Waals surface area contributed by atoms with E-state index in [1.807, 2.05) is 13.1 Å². The summed E-state index contributed by atoms with van der Waals surface area (Å²) in [6, 6.07) is 6.83. The fourth-order valence-corrected chi connectivity index (χ4v) is 7.58. The minimum Gasteiger partial charge on any atom is -0.346 e. The van der Waals surface area contributed by atoms with Crippen molar-refractivity contribution in [2.24, 2.45) is 11.3 Å². The lowest BCUT2D eigenvalue weighted by molar-refractivity contribution is -0.124. The molecule has 1 aromatic heterocycles. The van der Waals surface area contributed by atoms with Crippen LogP contribution in [0.5, 0.6) is 0 Å². The molecule has 4 atom stereocenters. The molecule has 4 aliphatic rings. The van der Waals surface area contributed by atoms with Crippen LogP contribution in [-0.4, -0.2) is 46.7 Å². The molecule has 3 aliphatic carbocycles. The van der Waals surface area contributed by atoms with Gasteiger partial charge in [0, 0.05) is 18.8 Å². The number of aromatic nitrogens is 2. The van der Waals surface area contributed by atoms with E-state index in [4.69, 9.17) is 4.98 Å². The number of carbonyl (C=O) groups excluding carboxylic acids is 2. The highest BCUT2D eigenvalue weighted by atomic mass is 16.2. The van der Waals surface area contributed by atoms with Crippen LogP contribution in [0, 0.1) is 11.3 Å². The predicted octanol–water partition coefficient (Wildman–Crippen LogP) is 6.26. The van der Waals surface area contributed by atoms with E-state index in [1.165, 1.54) is 24.8 Å². The molecule has 1 saturated heterocycles. The van der Waals surface area contributed by atoms with Crippen LogP contribution < -0.4 is 5.32 Å². The zero-order valence-electron chi connectivity index (χ0n) is 23.2. The van der Waals surface area contributed by atoms with Crippen LogP contribution in [0.2, 0.25) is 0 Å². The topological polar surface area (TPSA) is 78.1 Å². The zero-order chi connectivity index (χ0) is 26.3. The van der Waals surface area contributed by atoms with Crippen molar-refractivity contribution in [2.45, 2.75) is 102 Å². The van der Waals surface area contributed by atoms with Gasteiger partial charge in [-0.05, 0) is 112 Å². The Morgan fingerprint density at radius 1 is 1.13 bits per heavy atom. The average molecular weight is 517 g/mol. The second-order valence-corrected chi connectivity index (χ2v) is 12.7. The number of hydrogen-bond donors (Lipinski definition) is 2. The SMILES string of the molecule is CCC(=O)CCCCC[C@H](NC(=O)[C@H]1CC12CCN(C)CC2)c1ncc(-c2ccc3c(c2)C2CCC3C2)[nH]1. The molecular formula is C32H44N4O2. The number of likely N-dealkylation sites (tertiary alicyclic amines) is 1. The Kier molecular flexibility index (Phi) is 7.19. The summed E-state index contributed by atoms with van der Waals surface area (Å²) in [6.07, 6.45) is 14.2. The van der Waals surface area contributed by atoms with Gasteiger partial charge in [0.05, 0.1) is 17.9 Å². The number of unbranched alkanes of at least 4 members (excludes halogenated alkanes) is 2. The van der Waals surface area contributed by atoms with Crippen molar-refractivity contribution in [1.29, 1.82) is 0 Å². The van der Waals surface area contributed by atoms with Crippen molar-refractivity contribution in [1.82, 2.24) is 20.2 Å². The lowest BCUT2D eigenvalue weighted by atomic mass is 9.90. The van der Waals surface area contributed by atoms with Crippen LogP contribution in [0.1, 0.15) is 119 Å². The third kappa shape index (κ3) is 5.09. The van der Waals surface area contributed by atoms with Gasteiger partial charge in [0.25, 0.3) is 0 Å². The van der Waals surface area contributed by atoms with Gasteiger partial charge in [0.15, 0.2) is 0 Å². The maximum absolute atomic E-state index is 13.4. The molecule has 38 heavy (non-hydrogen) atoms. The monoisotopic (exact) mass is 516 g/mol. The quantitative estimate of drug-likeness (QED) is 0.346. The smallest absolute Gasteiger partial charge is 0.224 e. The van der Waals surface area contributed by atoms with Gasteiger partial charge in [0.1, 0.15) is 11.6 Å². The number of aromatic amines is 1. The van der Waals surface area contributed by atoms with Gasteiger partial charge in [0.2, 0.25) is 5.91 Å². The number of rotatable bonds is 11. The highest BCUT2D eigenvalue weighted by Crippen LogP contribution is 2.59. The Morgan fingerprint density at radius 3 is 2.71 bits per heavy atom. The number of nitrogens with zero attached hydrogens (tertiary/aromatic N) is 2. The van der Waals surface area contributed by atoms with Gasteiger partial charge in [-0.15, -0.1) is 0 Å². The molecule has 2 bridgehead atoms. The summed E-state index contributed by atoms with van der Waals surface area (Å²) < 4.78 is 0. The first-order chi connectivity index (χ1) is 18.5. The number of amides is 1.